The summed E-state index contributed by atoms with van der Waals surface area (Å²) in [6.45, 7) is 0.677. The Morgan fingerprint density at radius 3 is 1.40 bits per heavy atom. The number of rotatable bonds is 14. The number of ether oxygens (including phenoxy) is 4. The Labute approximate surface area is 252 Å². The molecule has 0 spiro atoms. The van der Waals surface area contributed by atoms with E-state index in [1.54, 1.807) is 40.6 Å². The fourth-order valence-corrected chi connectivity index (χ4v) is 5.67. The lowest BCUT2D eigenvalue weighted by Crippen LogP contribution is -2.25. The normalized spacial score (nSPS) is 10.7. The minimum Gasteiger partial charge on any atom is -0.493 e. The standard InChI is InChI=1S/C30H32N4O6S2/c1-37-23-11-9-19(13-25(23)39-3)15-31-27(35)17-41-29-30(34-22-8-6-5-7-21(22)33-29)42-18-28(36)32-16-20-10-12-24(38-2)26(14-20)40-4/h5-14H,15-18H2,1-4H3,(H,31,35)(H,32,36). The van der Waals surface area contributed by atoms with Crippen LogP contribution in [-0.4, -0.2) is 61.7 Å². The van der Waals surface area contributed by atoms with Crippen molar-refractivity contribution in [2.75, 3.05) is 39.9 Å². The first-order valence-electron chi connectivity index (χ1n) is 12.9. The highest BCUT2D eigenvalue weighted by Gasteiger charge is 2.15. The molecule has 3 aromatic carbocycles. The maximum Gasteiger partial charge on any atom is 0.230 e. The van der Waals surface area contributed by atoms with Crippen molar-refractivity contribution < 1.29 is 28.5 Å². The van der Waals surface area contributed by atoms with E-state index in [0.29, 0.717) is 57.2 Å². The minimum atomic E-state index is -0.159. The van der Waals surface area contributed by atoms with E-state index < -0.39 is 0 Å². The third-order valence-corrected chi connectivity index (χ3v) is 8.12. The highest BCUT2D eigenvalue weighted by atomic mass is 32.2. The van der Waals surface area contributed by atoms with Crippen molar-refractivity contribution in [3.05, 3.63) is 71.8 Å². The molecule has 2 N–H and O–H groups in total. The molecule has 0 atom stereocenters. The van der Waals surface area contributed by atoms with Gasteiger partial charge in [0.1, 0.15) is 10.1 Å². The average molecular weight is 609 g/mol. The van der Waals surface area contributed by atoms with Crippen LogP contribution in [-0.2, 0) is 22.7 Å². The number of nitrogens with one attached hydrogen (secondary N) is 2. The molecular formula is C30H32N4O6S2. The van der Waals surface area contributed by atoms with E-state index in [4.69, 9.17) is 28.9 Å². The van der Waals surface area contributed by atoms with Crippen LogP contribution in [0.15, 0.2) is 70.7 Å². The lowest BCUT2D eigenvalue weighted by molar-refractivity contribution is -0.119. The molecule has 0 aliphatic heterocycles. The Hall–Kier alpha value is -4.16. The van der Waals surface area contributed by atoms with Crippen LogP contribution in [0, 0.1) is 0 Å². The van der Waals surface area contributed by atoms with Crippen molar-refractivity contribution in [2.45, 2.75) is 23.1 Å². The molecule has 0 aliphatic carbocycles. The van der Waals surface area contributed by atoms with E-state index in [1.807, 2.05) is 48.5 Å². The molecule has 0 unspecified atom stereocenters. The molecule has 0 saturated carbocycles. The molecule has 10 nitrogen and oxygen atoms in total. The Bertz CT molecular complexity index is 1440. The number of hydrogen-bond acceptors (Lipinski definition) is 10. The number of hydrogen-bond donors (Lipinski definition) is 2. The largest absolute Gasteiger partial charge is 0.493 e. The summed E-state index contributed by atoms with van der Waals surface area (Å²) in [6.07, 6.45) is 0. The monoisotopic (exact) mass is 608 g/mol. The van der Waals surface area contributed by atoms with E-state index in [9.17, 15) is 9.59 Å². The summed E-state index contributed by atoms with van der Waals surface area (Å²) in [7, 11) is 6.29. The predicted molar refractivity (Wildman–Crippen MR) is 164 cm³/mol. The number of methoxy groups -OCH3 is 4. The second-order valence-corrected chi connectivity index (χ2v) is 10.8. The Morgan fingerprint density at radius 2 is 1.02 bits per heavy atom. The number of benzene rings is 3. The topological polar surface area (TPSA) is 121 Å². The van der Waals surface area contributed by atoms with Gasteiger partial charge in [-0.15, -0.1) is 0 Å². The third kappa shape index (κ3) is 8.20. The van der Waals surface area contributed by atoms with Crippen LogP contribution in [0.1, 0.15) is 11.1 Å². The van der Waals surface area contributed by atoms with Crippen molar-refractivity contribution in [1.82, 2.24) is 20.6 Å². The number of fused-ring (bicyclic) bond motifs is 1. The van der Waals surface area contributed by atoms with Gasteiger partial charge < -0.3 is 29.6 Å². The molecule has 0 radical (unpaired) electrons. The number of para-hydroxylation sites is 2. The zero-order valence-electron chi connectivity index (χ0n) is 23.8. The van der Waals surface area contributed by atoms with Gasteiger partial charge in [-0.05, 0) is 47.5 Å². The van der Waals surface area contributed by atoms with Gasteiger partial charge in [-0.3, -0.25) is 9.59 Å². The second kappa shape index (κ2) is 15.2. The molecule has 12 heteroatoms. The zero-order valence-corrected chi connectivity index (χ0v) is 25.4. The molecule has 1 heterocycles. The van der Waals surface area contributed by atoms with Gasteiger partial charge in [-0.25, -0.2) is 9.97 Å². The van der Waals surface area contributed by atoms with Crippen LogP contribution in [0.4, 0.5) is 0 Å². The molecule has 4 aromatic rings. The van der Waals surface area contributed by atoms with Gasteiger partial charge in [0, 0.05) is 13.1 Å². The second-order valence-electron chi connectivity index (χ2n) is 8.83. The van der Waals surface area contributed by atoms with Gasteiger partial charge in [0.25, 0.3) is 0 Å². The summed E-state index contributed by atoms with van der Waals surface area (Å²) in [5, 5.41) is 7.02. The first kappa shape index (κ1) is 30.8. The first-order valence-corrected chi connectivity index (χ1v) is 14.9. The summed E-state index contributed by atoms with van der Waals surface area (Å²) < 4.78 is 21.2. The van der Waals surface area contributed by atoms with Crippen molar-refractivity contribution in [1.29, 1.82) is 0 Å². The Balaban J connectivity index is 1.36. The maximum atomic E-state index is 12.7. The van der Waals surface area contributed by atoms with E-state index in [0.717, 1.165) is 11.1 Å². The van der Waals surface area contributed by atoms with Gasteiger partial charge in [-0.2, -0.15) is 0 Å². The maximum absolute atomic E-state index is 12.7. The number of thioether (sulfide) groups is 2. The number of nitrogens with zero attached hydrogens (tertiary/aromatic N) is 2. The van der Waals surface area contributed by atoms with Crippen LogP contribution >= 0.6 is 23.5 Å². The van der Waals surface area contributed by atoms with Gasteiger partial charge in [0.2, 0.25) is 11.8 Å². The molecule has 0 aliphatic rings. The summed E-state index contributed by atoms with van der Waals surface area (Å²) in [5.41, 5.74) is 3.19. The van der Waals surface area contributed by atoms with Crippen LogP contribution in [0.5, 0.6) is 23.0 Å². The lowest BCUT2D eigenvalue weighted by atomic mass is 10.2. The Morgan fingerprint density at radius 1 is 0.619 bits per heavy atom. The number of carbonyl (C=O) groups is 2. The fraction of sp³-hybridized carbons (Fsp3) is 0.267. The smallest absolute Gasteiger partial charge is 0.230 e. The summed E-state index contributed by atoms with van der Waals surface area (Å²) in [5.74, 6) is 2.40. The lowest BCUT2D eigenvalue weighted by Gasteiger charge is -2.12. The average Bonchev–Trinajstić information content (AvgIpc) is 3.03. The first-order chi connectivity index (χ1) is 20.4. The fourth-order valence-electron chi connectivity index (χ4n) is 3.91. The molecule has 0 fully saturated rings. The van der Waals surface area contributed by atoms with Crippen LogP contribution in [0.25, 0.3) is 11.0 Å². The molecule has 0 saturated heterocycles. The third-order valence-electron chi connectivity index (χ3n) is 6.06. The van der Waals surface area contributed by atoms with Crippen LogP contribution < -0.4 is 29.6 Å². The molecule has 1 aromatic heterocycles. The summed E-state index contributed by atoms with van der Waals surface area (Å²) in [6, 6.07) is 18.5. The van der Waals surface area contributed by atoms with Crippen LogP contribution in [0.3, 0.4) is 0 Å². The molecular weight excluding hydrogens is 576 g/mol. The molecule has 220 valence electrons. The van der Waals surface area contributed by atoms with E-state index >= 15 is 0 Å². The van der Waals surface area contributed by atoms with Gasteiger partial charge in [0.05, 0.1) is 51.0 Å². The van der Waals surface area contributed by atoms with Crippen LogP contribution in [0.2, 0.25) is 0 Å². The zero-order chi connectivity index (χ0) is 29.9. The molecule has 0 bridgehead atoms. The highest BCUT2D eigenvalue weighted by Crippen LogP contribution is 2.31. The number of amides is 2. The quantitative estimate of drug-likeness (QED) is 0.198. The highest BCUT2D eigenvalue weighted by molar-refractivity contribution is 8.02. The van der Waals surface area contributed by atoms with E-state index in [2.05, 4.69) is 10.6 Å². The Kier molecular flexibility index (Phi) is 11.1. The molecule has 4 rings (SSSR count). The van der Waals surface area contributed by atoms with Crippen molar-refractivity contribution in [3.8, 4) is 23.0 Å². The van der Waals surface area contributed by atoms with Crippen molar-refractivity contribution in [3.63, 3.8) is 0 Å². The predicted octanol–water partition coefficient (Wildman–Crippen LogP) is 4.48. The number of aromatic nitrogens is 2. The van der Waals surface area contributed by atoms with Crippen molar-refractivity contribution >= 4 is 46.4 Å². The van der Waals surface area contributed by atoms with E-state index in [-0.39, 0.29) is 23.3 Å². The minimum absolute atomic E-state index is 0.138. The number of carbonyl (C=O) groups excluding carboxylic acids is 2. The summed E-state index contributed by atoms with van der Waals surface area (Å²) in [4.78, 5) is 34.8. The van der Waals surface area contributed by atoms with Gasteiger partial charge >= 0.3 is 0 Å². The molecule has 42 heavy (non-hydrogen) atoms. The van der Waals surface area contributed by atoms with E-state index in [1.165, 1.54) is 23.5 Å². The van der Waals surface area contributed by atoms with Crippen molar-refractivity contribution in [2.24, 2.45) is 0 Å². The molecule has 2 amide bonds. The van der Waals surface area contributed by atoms with Gasteiger partial charge in [0.15, 0.2) is 23.0 Å². The SMILES string of the molecule is COc1ccc(CNC(=O)CSc2nc3ccccc3nc2SCC(=O)NCc2ccc(OC)c(OC)c2)cc1OC. The summed E-state index contributed by atoms with van der Waals surface area (Å²) >= 11 is 2.56. The van der Waals surface area contributed by atoms with Gasteiger partial charge in [-0.1, -0.05) is 47.8 Å².